The first-order valence-corrected chi connectivity index (χ1v) is 10.3. The molecule has 0 aliphatic carbocycles. The Balaban J connectivity index is 1.63. The molecule has 0 saturated carbocycles. The third kappa shape index (κ3) is 6.43. The van der Waals surface area contributed by atoms with E-state index in [2.05, 4.69) is 15.6 Å². The highest BCUT2D eigenvalue weighted by atomic mass is 35.5. The van der Waals surface area contributed by atoms with Gasteiger partial charge in [-0.15, -0.1) is 0 Å². The van der Waals surface area contributed by atoms with Gasteiger partial charge in [-0.2, -0.15) is 10.2 Å². The van der Waals surface area contributed by atoms with Crippen molar-refractivity contribution >= 4 is 40.5 Å². The molecule has 0 atom stereocenters. The van der Waals surface area contributed by atoms with Crippen LogP contribution in [0.5, 0.6) is 11.5 Å². The number of ether oxygens (including phenoxy) is 2. The lowest BCUT2D eigenvalue weighted by atomic mass is 10.1. The predicted molar refractivity (Wildman–Crippen MR) is 123 cm³/mol. The van der Waals surface area contributed by atoms with Crippen molar-refractivity contribution in [3.8, 4) is 11.5 Å². The second-order valence-corrected chi connectivity index (χ2v) is 7.62. The molecular formula is C21H19Cl2N5O5. The molecule has 1 heterocycles. The molecule has 0 radical (unpaired) electrons. The molecule has 33 heavy (non-hydrogen) atoms. The van der Waals surface area contributed by atoms with Gasteiger partial charge in [0.25, 0.3) is 5.91 Å². The van der Waals surface area contributed by atoms with Crippen LogP contribution in [0.3, 0.4) is 0 Å². The molecule has 1 amide bonds. The van der Waals surface area contributed by atoms with Gasteiger partial charge in [0.1, 0.15) is 25.5 Å². The first-order valence-electron chi connectivity index (χ1n) is 9.52. The van der Waals surface area contributed by atoms with E-state index in [-0.39, 0.29) is 18.8 Å². The third-order valence-corrected chi connectivity index (χ3v) is 5.05. The molecule has 172 valence electrons. The fourth-order valence-corrected chi connectivity index (χ4v) is 3.20. The predicted octanol–water partition coefficient (Wildman–Crippen LogP) is 4.23. The normalized spacial score (nSPS) is 11.2. The summed E-state index contributed by atoms with van der Waals surface area (Å²) in [7, 11) is 1.51. The van der Waals surface area contributed by atoms with E-state index in [9.17, 15) is 14.9 Å². The summed E-state index contributed by atoms with van der Waals surface area (Å²) in [5, 5.41) is 19.6. The second kappa shape index (κ2) is 10.8. The van der Waals surface area contributed by atoms with E-state index in [1.165, 1.54) is 7.11 Å². The van der Waals surface area contributed by atoms with Crippen LogP contribution in [-0.4, -0.2) is 33.4 Å². The summed E-state index contributed by atoms with van der Waals surface area (Å²) in [6.07, 6.45) is 2.23. The quantitative estimate of drug-likeness (QED) is 0.271. The van der Waals surface area contributed by atoms with E-state index in [1.54, 1.807) is 43.3 Å². The molecule has 3 aromatic rings. The van der Waals surface area contributed by atoms with Crippen molar-refractivity contribution in [3.63, 3.8) is 0 Å². The maximum absolute atomic E-state index is 12.1. The number of hydrazone groups is 1. The molecule has 3 rings (SSSR count). The Morgan fingerprint density at radius 2 is 2.03 bits per heavy atom. The van der Waals surface area contributed by atoms with Crippen molar-refractivity contribution in [3.05, 3.63) is 80.1 Å². The fraction of sp³-hybridized carbons (Fsp3) is 0.190. The number of benzene rings is 2. The summed E-state index contributed by atoms with van der Waals surface area (Å²) < 4.78 is 12.4. The van der Waals surface area contributed by atoms with Crippen molar-refractivity contribution < 1.29 is 19.2 Å². The molecule has 0 unspecified atom stereocenters. The van der Waals surface area contributed by atoms with Crippen LogP contribution in [0, 0.1) is 10.1 Å². The average molecular weight is 492 g/mol. The van der Waals surface area contributed by atoms with Crippen molar-refractivity contribution in [2.45, 2.75) is 20.1 Å². The highest BCUT2D eigenvalue weighted by Crippen LogP contribution is 2.30. The zero-order valence-corrected chi connectivity index (χ0v) is 19.1. The number of amides is 1. The van der Waals surface area contributed by atoms with Gasteiger partial charge < -0.3 is 9.47 Å². The van der Waals surface area contributed by atoms with Gasteiger partial charge in [0.05, 0.1) is 17.7 Å². The van der Waals surface area contributed by atoms with Gasteiger partial charge in [0.2, 0.25) is 0 Å². The van der Waals surface area contributed by atoms with Crippen LogP contribution >= 0.6 is 23.2 Å². The van der Waals surface area contributed by atoms with E-state index in [1.807, 2.05) is 0 Å². The smallest absolute Gasteiger partial charge is 0.307 e. The number of carbonyl (C=O) groups is 1. The Morgan fingerprint density at radius 3 is 2.70 bits per heavy atom. The number of nitrogens with zero attached hydrogens (tertiary/aromatic N) is 4. The van der Waals surface area contributed by atoms with Gasteiger partial charge in [-0.1, -0.05) is 29.3 Å². The van der Waals surface area contributed by atoms with Crippen LogP contribution in [0.4, 0.5) is 5.69 Å². The van der Waals surface area contributed by atoms with Crippen LogP contribution in [0.15, 0.2) is 53.9 Å². The Bertz CT molecular complexity index is 1210. The molecule has 0 saturated heterocycles. The number of nitrogens with one attached hydrogen (secondary N) is 1. The van der Waals surface area contributed by atoms with E-state index in [0.717, 1.165) is 22.6 Å². The lowest BCUT2D eigenvalue weighted by Gasteiger charge is -2.13. The minimum atomic E-state index is -0.589. The number of carbonyl (C=O) groups excluding carboxylic acids is 1. The summed E-state index contributed by atoms with van der Waals surface area (Å²) >= 11 is 12.1. The molecule has 10 nitrogen and oxygen atoms in total. The molecule has 1 aromatic heterocycles. The highest BCUT2D eigenvalue weighted by Gasteiger charge is 2.12. The maximum Gasteiger partial charge on any atom is 0.307 e. The van der Waals surface area contributed by atoms with E-state index >= 15 is 0 Å². The molecule has 12 heteroatoms. The minimum absolute atomic E-state index is 0.199. The summed E-state index contributed by atoms with van der Waals surface area (Å²) in [5.74, 6) is 0.491. The largest absolute Gasteiger partial charge is 0.493 e. The van der Waals surface area contributed by atoms with Gasteiger partial charge in [-0.3, -0.25) is 19.6 Å². The van der Waals surface area contributed by atoms with Crippen molar-refractivity contribution in [2.75, 3.05) is 7.11 Å². The van der Waals surface area contributed by atoms with Crippen LogP contribution < -0.4 is 14.9 Å². The highest BCUT2D eigenvalue weighted by molar-refractivity contribution is 6.35. The summed E-state index contributed by atoms with van der Waals surface area (Å²) in [5.41, 5.74) is 4.18. The average Bonchev–Trinajstić information content (AvgIpc) is 3.25. The Kier molecular flexibility index (Phi) is 7.86. The van der Waals surface area contributed by atoms with Crippen LogP contribution in [0.2, 0.25) is 10.0 Å². The van der Waals surface area contributed by atoms with Gasteiger partial charge in [0.15, 0.2) is 11.5 Å². The number of rotatable bonds is 9. The van der Waals surface area contributed by atoms with Crippen LogP contribution in [0.25, 0.3) is 0 Å². The van der Waals surface area contributed by atoms with Crippen molar-refractivity contribution in [2.24, 2.45) is 5.10 Å². The first kappa shape index (κ1) is 24.0. The number of hydrogen-bond donors (Lipinski definition) is 1. The second-order valence-electron chi connectivity index (χ2n) is 6.78. The van der Waals surface area contributed by atoms with Gasteiger partial charge in [-0.25, -0.2) is 5.43 Å². The number of aromatic nitrogens is 2. The van der Waals surface area contributed by atoms with Crippen molar-refractivity contribution in [1.29, 1.82) is 0 Å². The zero-order valence-electron chi connectivity index (χ0n) is 17.6. The minimum Gasteiger partial charge on any atom is -0.493 e. The molecule has 2 aromatic carbocycles. The summed E-state index contributed by atoms with van der Waals surface area (Å²) in [6, 6.07) is 10.4. The number of methoxy groups -OCH3 is 1. The lowest BCUT2D eigenvalue weighted by Crippen LogP contribution is -2.24. The van der Waals surface area contributed by atoms with Gasteiger partial charge >= 0.3 is 5.69 Å². The molecule has 0 bridgehead atoms. The monoisotopic (exact) mass is 491 g/mol. The Hall–Kier alpha value is -3.63. The molecule has 0 fully saturated rings. The van der Waals surface area contributed by atoms with Gasteiger partial charge in [0, 0.05) is 21.2 Å². The Labute approximate surface area is 198 Å². The van der Waals surface area contributed by atoms with E-state index in [4.69, 9.17) is 32.7 Å². The maximum atomic E-state index is 12.1. The fourth-order valence-electron chi connectivity index (χ4n) is 2.73. The van der Waals surface area contributed by atoms with Crippen LogP contribution in [-0.2, 0) is 17.9 Å². The topological polar surface area (TPSA) is 121 Å². The first-order chi connectivity index (χ1) is 15.8. The lowest BCUT2D eigenvalue weighted by molar-refractivity contribution is -0.385. The van der Waals surface area contributed by atoms with Crippen LogP contribution in [0.1, 0.15) is 18.1 Å². The number of nitro groups is 1. The molecule has 0 spiro atoms. The summed E-state index contributed by atoms with van der Waals surface area (Å²) in [4.78, 5) is 22.2. The molecule has 0 aliphatic heterocycles. The van der Waals surface area contributed by atoms with Gasteiger partial charge in [-0.05, 0) is 37.3 Å². The zero-order chi connectivity index (χ0) is 24.0. The SMILES string of the molecule is COc1cc(/C(C)=N/NC(=O)Cn2cc([N+](=O)[O-])cn2)ccc1OCc1ccc(Cl)cc1Cl. The molecule has 1 N–H and O–H groups in total. The molecule has 0 aliphatic rings. The standard InChI is InChI=1S/C21H19Cl2N5O5/c1-13(25-26-21(29)11-27-10-17(9-24-27)28(30)31)14-4-6-19(20(7-14)32-2)33-12-15-3-5-16(22)8-18(15)23/h3-10H,11-12H2,1-2H3,(H,26,29)/b25-13+. The van der Waals surface area contributed by atoms with E-state index < -0.39 is 10.8 Å². The number of hydrogen-bond acceptors (Lipinski definition) is 7. The third-order valence-electron chi connectivity index (χ3n) is 4.46. The molecular weight excluding hydrogens is 473 g/mol. The summed E-state index contributed by atoms with van der Waals surface area (Å²) in [6.45, 7) is 1.72. The Morgan fingerprint density at radius 1 is 1.24 bits per heavy atom. The van der Waals surface area contributed by atoms with Crippen molar-refractivity contribution in [1.82, 2.24) is 15.2 Å². The van der Waals surface area contributed by atoms with E-state index in [0.29, 0.717) is 32.8 Å². The number of halogens is 2.